The van der Waals surface area contributed by atoms with E-state index in [4.69, 9.17) is 5.73 Å². The zero-order valence-corrected chi connectivity index (χ0v) is 7.62. The van der Waals surface area contributed by atoms with Crippen LogP contribution in [0.3, 0.4) is 0 Å². The van der Waals surface area contributed by atoms with E-state index >= 15 is 0 Å². The molecular formula is C7H13N3OS. The van der Waals surface area contributed by atoms with Crippen LogP contribution in [0.2, 0.25) is 0 Å². The van der Waals surface area contributed by atoms with E-state index < -0.39 is 0 Å². The van der Waals surface area contributed by atoms with Crippen LogP contribution in [0.25, 0.3) is 0 Å². The van der Waals surface area contributed by atoms with Gasteiger partial charge in [-0.05, 0) is 19.5 Å². The van der Waals surface area contributed by atoms with Gasteiger partial charge in [0.25, 0.3) is 0 Å². The minimum atomic E-state index is 0.00521. The Bertz CT molecular complexity index is 268. The Morgan fingerprint density at radius 2 is 2.50 bits per heavy atom. The van der Waals surface area contributed by atoms with Crippen molar-refractivity contribution in [3.05, 3.63) is 20.7 Å². The minimum Gasteiger partial charge on any atom is -0.330 e. The van der Waals surface area contributed by atoms with Crippen LogP contribution in [0, 0.1) is 0 Å². The molecule has 0 bridgehead atoms. The molecular weight excluding hydrogens is 174 g/mol. The second-order valence-electron chi connectivity index (χ2n) is 2.49. The van der Waals surface area contributed by atoms with Crippen LogP contribution in [0.4, 0.5) is 0 Å². The molecule has 5 heteroatoms. The highest BCUT2D eigenvalue weighted by atomic mass is 32.1. The third-order valence-corrected chi connectivity index (χ3v) is 2.16. The molecule has 4 N–H and O–H groups in total. The Morgan fingerprint density at radius 1 is 1.67 bits per heavy atom. The maximum atomic E-state index is 10.7. The van der Waals surface area contributed by atoms with E-state index in [1.165, 1.54) is 11.3 Å². The summed E-state index contributed by atoms with van der Waals surface area (Å²) in [5.41, 5.74) is 6.26. The first-order valence-corrected chi connectivity index (χ1v) is 4.78. The van der Waals surface area contributed by atoms with Gasteiger partial charge in [-0.15, -0.1) is 0 Å². The molecule has 1 heterocycles. The molecule has 0 aliphatic heterocycles. The summed E-state index contributed by atoms with van der Waals surface area (Å²) >= 11 is 1.19. The Morgan fingerprint density at radius 3 is 3.08 bits per heavy atom. The summed E-state index contributed by atoms with van der Waals surface area (Å²) in [7, 11) is 0. The standard InChI is InChI=1S/C7H13N3OS/c8-2-1-3-9-4-6-5-12-7(11)10-6/h5,9H,1-4,8H2,(H,10,11). The summed E-state index contributed by atoms with van der Waals surface area (Å²) < 4.78 is 0. The number of nitrogens with one attached hydrogen (secondary N) is 2. The van der Waals surface area contributed by atoms with Gasteiger partial charge in [0, 0.05) is 17.6 Å². The Balaban J connectivity index is 2.20. The van der Waals surface area contributed by atoms with E-state index in [1.54, 1.807) is 0 Å². The van der Waals surface area contributed by atoms with Crippen LogP contribution in [0.1, 0.15) is 12.1 Å². The van der Waals surface area contributed by atoms with E-state index in [-0.39, 0.29) is 4.87 Å². The molecule has 4 nitrogen and oxygen atoms in total. The smallest absolute Gasteiger partial charge is 0.304 e. The number of aromatic amines is 1. The number of hydrogen-bond donors (Lipinski definition) is 3. The molecule has 0 fully saturated rings. The summed E-state index contributed by atoms with van der Waals surface area (Å²) in [5, 5.41) is 5.00. The first-order chi connectivity index (χ1) is 5.83. The topological polar surface area (TPSA) is 70.9 Å². The molecule has 0 aromatic carbocycles. The zero-order chi connectivity index (χ0) is 8.81. The van der Waals surface area contributed by atoms with Crippen LogP contribution in [0.15, 0.2) is 10.2 Å². The van der Waals surface area contributed by atoms with E-state index in [2.05, 4.69) is 10.3 Å². The molecule has 1 aromatic heterocycles. The van der Waals surface area contributed by atoms with Crippen molar-refractivity contribution < 1.29 is 0 Å². The monoisotopic (exact) mass is 187 g/mol. The van der Waals surface area contributed by atoms with Crippen molar-refractivity contribution in [3.8, 4) is 0 Å². The predicted octanol–water partition coefficient (Wildman–Crippen LogP) is -0.125. The lowest BCUT2D eigenvalue weighted by molar-refractivity contribution is 0.647. The Kier molecular flexibility index (Phi) is 3.99. The Hall–Kier alpha value is -0.650. The highest BCUT2D eigenvalue weighted by molar-refractivity contribution is 7.07. The van der Waals surface area contributed by atoms with Crippen LogP contribution in [0.5, 0.6) is 0 Å². The third-order valence-electron chi connectivity index (χ3n) is 1.44. The fourth-order valence-corrected chi connectivity index (χ4v) is 1.43. The van der Waals surface area contributed by atoms with Crippen molar-refractivity contribution in [1.29, 1.82) is 0 Å². The first-order valence-electron chi connectivity index (χ1n) is 3.90. The fraction of sp³-hybridized carbons (Fsp3) is 0.571. The van der Waals surface area contributed by atoms with E-state index in [9.17, 15) is 4.79 Å². The summed E-state index contributed by atoms with van der Waals surface area (Å²) in [6.45, 7) is 2.32. The van der Waals surface area contributed by atoms with Gasteiger partial charge >= 0.3 is 4.87 Å². The zero-order valence-electron chi connectivity index (χ0n) is 6.80. The summed E-state index contributed by atoms with van der Waals surface area (Å²) in [5.74, 6) is 0. The summed E-state index contributed by atoms with van der Waals surface area (Å²) in [6.07, 6.45) is 0.967. The number of thiazole rings is 1. The molecule has 0 radical (unpaired) electrons. The van der Waals surface area contributed by atoms with Gasteiger partial charge in [-0.1, -0.05) is 11.3 Å². The van der Waals surface area contributed by atoms with Crippen molar-refractivity contribution in [3.63, 3.8) is 0 Å². The van der Waals surface area contributed by atoms with Gasteiger partial charge in [0.15, 0.2) is 0 Å². The minimum absolute atomic E-state index is 0.00521. The van der Waals surface area contributed by atoms with Gasteiger partial charge in [-0.2, -0.15) is 0 Å². The van der Waals surface area contributed by atoms with E-state index in [0.29, 0.717) is 6.54 Å². The van der Waals surface area contributed by atoms with Crippen LogP contribution in [-0.4, -0.2) is 18.1 Å². The molecule has 0 aliphatic carbocycles. The van der Waals surface area contributed by atoms with Crippen molar-refractivity contribution in [2.45, 2.75) is 13.0 Å². The van der Waals surface area contributed by atoms with Crippen LogP contribution in [-0.2, 0) is 6.54 Å². The largest absolute Gasteiger partial charge is 0.330 e. The number of rotatable bonds is 5. The van der Waals surface area contributed by atoms with Gasteiger partial charge in [-0.25, -0.2) is 0 Å². The molecule has 0 saturated carbocycles. The predicted molar refractivity (Wildman–Crippen MR) is 50.3 cm³/mol. The van der Waals surface area contributed by atoms with Gasteiger partial charge in [0.2, 0.25) is 0 Å². The lowest BCUT2D eigenvalue weighted by Gasteiger charge is -1.99. The fourth-order valence-electron chi connectivity index (χ4n) is 0.851. The van der Waals surface area contributed by atoms with E-state index in [1.807, 2.05) is 5.38 Å². The van der Waals surface area contributed by atoms with Gasteiger partial charge in [0.1, 0.15) is 0 Å². The average Bonchev–Trinajstić information content (AvgIpc) is 2.45. The molecule has 0 amide bonds. The number of nitrogens with two attached hydrogens (primary N) is 1. The average molecular weight is 187 g/mol. The quantitative estimate of drug-likeness (QED) is 0.563. The van der Waals surface area contributed by atoms with E-state index in [0.717, 1.165) is 25.2 Å². The van der Waals surface area contributed by atoms with Crippen molar-refractivity contribution in [1.82, 2.24) is 10.3 Å². The Labute approximate surface area is 74.8 Å². The maximum Gasteiger partial charge on any atom is 0.304 e. The maximum absolute atomic E-state index is 10.7. The highest BCUT2D eigenvalue weighted by Gasteiger charge is 1.94. The van der Waals surface area contributed by atoms with Crippen LogP contribution >= 0.6 is 11.3 Å². The summed E-state index contributed by atoms with van der Waals surface area (Å²) in [4.78, 5) is 13.4. The highest BCUT2D eigenvalue weighted by Crippen LogP contribution is 1.93. The normalized spacial score (nSPS) is 10.4. The second-order valence-corrected chi connectivity index (χ2v) is 3.33. The second kappa shape index (κ2) is 5.08. The molecule has 12 heavy (non-hydrogen) atoms. The van der Waals surface area contributed by atoms with Gasteiger partial charge < -0.3 is 16.0 Å². The number of aromatic nitrogens is 1. The molecule has 0 atom stereocenters. The van der Waals surface area contributed by atoms with Crippen LogP contribution < -0.4 is 15.9 Å². The van der Waals surface area contributed by atoms with Crippen molar-refractivity contribution in [2.75, 3.05) is 13.1 Å². The van der Waals surface area contributed by atoms with Gasteiger partial charge in [0.05, 0.1) is 0 Å². The molecule has 1 rings (SSSR count). The number of hydrogen-bond acceptors (Lipinski definition) is 4. The van der Waals surface area contributed by atoms with Crippen molar-refractivity contribution in [2.24, 2.45) is 5.73 Å². The first kappa shape index (κ1) is 9.44. The third kappa shape index (κ3) is 3.17. The SMILES string of the molecule is NCCCNCc1csc(=O)[nH]1. The van der Waals surface area contributed by atoms with Gasteiger partial charge in [-0.3, -0.25) is 4.79 Å². The molecule has 0 unspecified atom stereocenters. The molecule has 1 aromatic rings. The molecule has 0 aliphatic rings. The van der Waals surface area contributed by atoms with Crippen molar-refractivity contribution >= 4 is 11.3 Å². The molecule has 0 spiro atoms. The molecule has 0 saturated heterocycles. The number of H-pyrrole nitrogens is 1. The summed E-state index contributed by atoms with van der Waals surface area (Å²) in [6, 6.07) is 0. The molecule has 68 valence electrons. The lowest BCUT2D eigenvalue weighted by Crippen LogP contribution is -2.18. The lowest BCUT2D eigenvalue weighted by atomic mass is 10.4.